The third-order valence-corrected chi connectivity index (χ3v) is 8.25. The number of hydrogen-bond donors (Lipinski definition) is 6. The second-order valence-electron chi connectivity index (χ2n) is 11.1. The van der Waals surface area contributed by atoms with E-state index in [9.17, 15) is 33.1 Å². The van der Waals surface area contributed by atoms with Gasteiger partial charge in [-0.3, -0.25) is 29.0 Å². The maximum Gasteiger partial charge on any atom is 0.306 e. The average molecular weight is 706 g/mol. The van der Waals surface area contributed by atoms with Gasteiger partial charge in [0.25, 0.3) is 5.91 Å². The number of ether oxygens (including phenoxy) is 1. The Morgan fingerprint density at radius 2 is 1.67 bits per heavy atom. The quantitative estimate of drug-likeness (QED) is 0.108. The molecule has 0 radical (unpaired) electrons. The van der Waals surface area contributed by atoms with Crippen LogP contribution in [0.25, 0.3) is 22.0 Å². The number of nitrogens with zero attached hydrogens (tertiary/aromatic N) is 5. The molecule has 1 fully saturated rings. The van der Waals surface area contributed by atoms with Gasteiger partial charge in [-0.1, -0.05) is 0 Å². The Morgan fingerprint density at radius 3 is 2.24 bits per heavy atom. The number of amides is 1. The molecule has 4 aromatic rings. The SMILES string of the molecule is CCOC1CCC(n2cc(NC(=O)c3csc(-c4cn[nH]c4)n3)c(-c3nc(F)ccc3F)n2)CC1.O=C(O)CC(O)(CC(=O)O)CC(=O)O. The molecule has 19 heteroatoms. The number of rotatable bonds is 13. The van der Waals surface area contributed by atoms with Crippen molar-refractivity contribution in [3.63, 3.8) is 0 Å². The van der Waals surface area contributed by atoms with Gasteiger partial charge in [-0.25, -0.2) is 14.4 Å². The summed E-state index contributed by atoms with van der Waals surface area (Å²) in [5.41, 5.74) is -1.25. The van der Waals surface area contributed by atoms with E-state index in [-0.39, 0.29) is 34.9 Å². The number of carboxylic acids is 3. The van der Waals surface area contributed by atoms with E-state index in [2.05, 4.69) is 30.6 Å². The lowest BCUT2D eigenvalue weighted by atomic mass is 9.92. The van der Waals surface area contributed by atoms with Gasteiger partial charge < -0.3 is 30.5 Å². The zero-order valence-corrected chi connectivity index (χ0v) is 26.8. The summed E-state index contributed by atoms with van der Waals surface area (Å²) < 4.78 is 35.9. The molecular formula is C30H33F2N7O9S. The number of carboxylic acid groups (broad SMARTS) is 3. The van der Waals surface area contributed by atoms with Crippen LogP contribution in [0.4, 0.5) is 14.5 Å². The third kappa shape index (κ3) is 10.2. The molecule has 4 heterocycles. The Morgan fingerprint density at radius 1 is 1.02 bits per heavy atom. The standard InChI is InChI=1S/C23H23F2N7O2S.C7H10O7/c1-2-34-15-5-3-14(4-6-15)32-11-17(21(31-32)20-16(24)7-8-19(25)30-20)28-22(33)18-12-35-23(29-18)13-9-26-27-10-13;8-4(9)1-7(14,2-5(10)11)3-6(12)13/h7-12,14-15H,2-6H2,1H3,(H,26,27)(H,28,33);14H,1-3H2,(H,8,9)(H,10,11)(H,12,13). The molecule has 1 aliphatic carbocycles. The van der Waals surface area contributed by atoms with Crippen LogP contribution in [0.2, 0.25) is 0 Å². The summed E-state index contributed by atoms with van der Waals surface area (Å²) >= 11 is 1.30. The summed E-state index contributed by atoms with van der Waals surface area (Å²) in [5.74, 6) is -6.41. The number of nitrogens with one attached hydrogen (secondary N) is 2. The van der Waals surface area contributed by atoms with Crippen LogP contribution in [0.5, 0.6) is 0 Å². The van der Waals surface area contributed by atoms with Crippen LogP contribution in [0.1, 0.15) is 68.4 Å². The molecule has 0 atom stereocenters. The van der Waals surface area contributed by atoms with Gasteiger partial charge in [0, 0.05) is 29.9 Å². The number of hydrogen-bond acceptors (Lipinski definition) is 11. The first-order valence-electron chi connectivity index (χ1n) is 14.9. The van der Waals surface area contributed by atoms with Crippen LogP contribution < -0.4 is 5.32 Å². The van der Waals surface area contributed by atoms with E-state index in [0.29, 0.717) is 11.6 Å². The fourth-order valence-corrected chi connectivity index (χ4v) is 6.02. The lowest BCUT2D eigenvalue weighted by molar-refractivity contribution is -0.153. The topological polar surface area (TPSA) is 243 Å². The summed E-state index contributed by atoms with van der Waals surface area (Å²) in [6.45, 7) is 2.64. The lowest BCUT2D eigenvalue weighted by Gasteiger charge is -2.28. The molecule has 16 nitrogen and oxygen atoms in total. The number of thiazole rings is 1. The van der Waals surface area contributed by atoms with Gasteiger partial charge in [-0.05, 0) is 44.7 Å². The van der Waals surface area contributed by atoms with Crippen molar-refractivity contribution in [2.45, 2.75) is 69.6 Å². The van der Waals surface area contributed by atoms with E-state index >= 15 is 0 Å². The molecule has 0 bridgehead atoms. The van der Waals surface area contributed by atoms with Crippen LogP contribution in [0.15, 0.2) is 36.1 Å². The van der Waals surface area contributed by atoms with Gasteiger partial charge in [0.2, 0.25) is 5.95 Å². The number of carbonyl (C=O) groups is 4. The van der Waals surface area contributed by atoms with E-state index in [0.717, 1.165) is 43.4 Å². The van der Waals surface area contributed by atoms with Gasteiger partial charge in [-0.2, -0.15) is 14.6 Å². The van der Waals surface area contributed by atoms with Crippen molar-refractivity contribution >= 4 is 40.8 Å². The summed E-state index contributed by atoms with van der Waals surface area (Å²) in [4.78, 5) is 51.8. The van der Waals surface area contributed by atoms with Gasteiger partial charge >= 0.3 is 17.9 Å². The molecule has 1 saturated carbocycles. The molecule has 4 aromatic heterocycles. The highest BCUT2D eigenvalue weighted by atomic mass is 32.1. The van der Waals surface area contributed by atoms with Crippen molar-refractivity contribution in [1.29, 1.82) is 0 Å². The van der Waals surface area contributed by atoms with Crippen LogP contribution in [0.3, 0.4) is 0 Å². The van der Waals surface area contributed by atoms with E-state index < -0.39 is 60.4 Å². The van der Waals surface area contributed by atoms with Crippen LogP contribution >= 0.6 is 11.3 Å². The van der Waals surface area contributed by atoms with Gasteiger partial charge in [0.05, 0.1) is 48.9 Å². The highest BCUT2D eigenvalue weighted by Crippen LogP contribution is 2.34. The van der Waals surface area contributed by atoms with E-state index in [1.807, 2.05) is 6.92 Å². The molecule has 5 rings (SSSR count). The van der Waals surface area contributed by atoms with Gasteiger partial charge in [0.1, 0.15) is 22.1 Å². The summed E-state index contributed by atoms with van der Waals surface area (Å²) in [7, 11) is 0. The number of carbonyl (C=O) groups excluding carboxylic acids is 1. The number of anilines is 1. The van der Waals surface area contributed by atoms with Gasteiger partial charge in [0.15, 0.2) is 5.82 Å². The normalized spacial score (nSPS) is 16.0. The Bertz CT molecular complexity index is 1730. The first kappa shape index (κ1) is 36.7. The maximum absolute atomic E-state index is 14.6. The highest BCUT2D eigenvalue weighted by molar-refractivity contribution is 7.13. The zero-order chi connectivity index (χ0) is 35.7. The number of pyridine rings is 1. The molecule has 1 aliphatic rings. The molecule has 1 amide bonds. The van der Waals surface area contributed by atoms with E-state index in [1.165, 1.54) is 11.3 Å². The Hall–Kier alpha value is -5.14. The Balaban J connectivity index is 0.000000328. The Kier molecular flexibility index (Phi) is 12.2. The second-order valence-corrected chi connectivity index (χ2v) is 12.0. The summed E-state index contributed by atoms with van der Waals surface area (Å²) in [6.07, 6.45) is 5.80. The molecule has 0 aliphatic heterocycles. The Labute approximate surface area is 280 Å². The van der Waals surface area contributed by atoms with Crippen molar-refractivity contribution in [2.24, 2.45) is 0 Å². The van der Waals surface area contributed by atoms with Crippen LogP contribution in [0, 0.1) is 11.8 Å². The zero-order valence-electron chi connectivity index (χ0n) is 26.0. The minimum Gasteiger partial charge on any atom is -0.481 e. The number of aromatic amines is 1. The predicted molar refractivity (Wildman–Crippen MR) is 168 cm³/mol. The van der Waals surface area contributed by atoms with Crippen molar-refractivity contribution in [3.05, 3.63) is 53.6 Å². The fourth-order valence-electron chi connectivity index (χ4n) is 5.24. The molecule has 6 N–H and O–H groups in total. The molecule has 0 unspecified atom stereocenters. The lowest BCUT2D eigenvalue weighted by Crippen LogP contribution is -2.36. The molecule has 0 aromatic carbocycles. The van der Waals surface area contributed by atoms with E-state index in [4.69, 9.17) is 20.1 Å². The van der Waals surface area contributed by atoms with Crippen molar-refractivity contribution < 1.29 is 53.1 Å². The first-order chi connectivity index (χ1) is 23.3. The minimum atomic E-state index is -2.23. The minimum absolute atomic E-state index is 0.0414. The number of halogens is 2. The van der Waals surface area contributed by atoms with Crippen molar-refractivity contribution in [1.82, 2.24) is 29.9 Å². The summed E-state index contributed by atoms with van der Waals surface area (Å²) in [5, 5.41) is 50.5. The second kappa shape index (κ2) is 16.3. The predicted octanol–water partition coefficient (Wildman–Crippen LogP) is 3.98. The average Bonchev–Trinajstić information content (AvgIpc) is 3.79. The fraction of sp³-hybridized carbons (Fsp3) is 0.400. The van der Waals surface area contributed by atoms with Crippen LogP contribution in [-0.2, 0) is 19.1 Å². The summed E-state index contributed by atoms with van der Waals surface area (Å²) in [6, 6.07) is 1.97. The third-order valence-electron chi connectivity index (χ3n) is 7.36. The monoisotopic (exact) mass is 705 g/mol. The van der Waals surface area contributed by atoms with Crippen LogP contribution in [-0.4, -0.2) is 92.5 Å². The van der Waals surface area contributed by atoms with E-state index in [1.54, 1.807) is 28.7 Å². The van der Waals surface area contributed by atoms with Gasteiger partial charge in [-0.15, -0.1) is 11.3 Å². The van der Waals surface area contributed by atoms with Crippen molar-refractivity contribution in [2.75, 3.05) is 11.9 Å². The molecule has 0 saturated heterocycles. The number of aromatic nitrogens is 6. The number of aliphatic hydroxyl groups is 1. The molecule has 0 spiro atoms. The molecule has 262 valence electrons. The smallest absolute Gasteiger partial charge is 0.306 e. The van der Waals surface area contributed by atoms with Crippen molar-refractivity contribution in [3.8, 4) is 22.0 Å². The maximum atomic E-state index is 14.6. The number of H-pyrrole nitrogens is 1. The first-order valence-corrected chi connectivity index (χ1v) is 15.8. The number of aliphatic carboxylic acids is 3. The molecule has 49 heavy (non-hydrogen) atoms. The largest absolute Gasteiger partial charge is 0.481 e. The highest BCUT2D eigenvalue weighted by Gasteiger charge is 2.35. The molecular weight excluding hydrogens is 672 g/mol.